The highest BCUT2D eigenvalue weighted by Crippen LogP contribution is 2.40. The third kappa shape index (κ3) is 3.06. The van der Waals surface area contributed by atoms with E-state index in [1.165, 1.54) is 24.2 Å². The second kappa shape index (κ2) is 6.14. The fourth-order valence-electron chi connectivity index (χ4n) is 2.62. The molecule has 0 amide bonds. The summed E-state index contributed by atoms with van der Waals surface area (Å²) in [4.78, 5) is 1.68. The molecule has 0 radical (unpaired) electrons. The van der Waals surface area contributed by atoms with Crippen LogP contribution in [0.2, 0.25) is 0 Å². The van der Waals surface area contributed by atoms with E-state index in [1.807, 2.05) is 0 Å². The summed E-state index contributed by atoms with van der Waals surface area (Å²) < 4.78 is 0. The van der Waals surface area contributed by atoms with E-state index < -0.39 is 0 Å². The minimum atomic E-state index is 0.259. The molecular formula is C15H22N2S2. The van der Waals surface area contributed by atoms with E-state index in [-0.39, 0.29) is 5.54 Å². The van der Waals surface area contributed by atoms with Gasteiger partial charge in [0.25, 0.3) is 0 Å². The Balaban J connectivity index is 2.33. The van der Waals surface area contributed by atoms with Crippen LogP contribution in [0.1, 0.15) is 45.1 Å². The molecule has 0 atom stereocenters. The molecule has 4 heteroatoms. The Kier molecular flexibility index (Phi) is 4.74. The van der Waals surface area contributed by atoms with Crippen molar-refractivity contribution in [2.75, 3.05) is 11.1 Å². The van der Waals surface area contributed by atoms with Gasteiger partial charge in [0.15, 0.2) is 0 Å². The van der Waals surface area contributed by atoms with Crippen molar-refractivity contribution in [2.45, 2.75) is 50.0 Å². The second-order valence-corrected chi connectivity index (χ2v) is 6.83. The molecular weight excluding hydrogens is 272 g/mol. The van der Waals surface area contributed by atoms with Gasteiger partial charge in [-0.25, -0.2) is 0 Å². The molecule has 1 aliphatic carbocycles. The SMILES string of the molecule is CCSc1cccc(NC2(CC)CCC2)c1C(N)=S. The van der Waals surface area contributed by atoms with E-state index in [0.717, 1.165) is 23.4 Å². The zero-order chi connectivity index (χ0) is 13.9. The van der Waals surface area contributed by atoms with Crippen LogP contribution in [-0.2, 0) is 0 Å². The molecule has 1 saturated carbocycles. The maximum Gasteiger partial charge on any atom is 0.107 e. The van der Waals surface area contributed by atoms with E-state index in [1.54, 1.807) is 11.8 Å². The number of benzene rings is 1. The Bertz CT molecular complexity index is 462. The summed E-state index contributed by atoms with van der Waals surface area (Å²) >= 11 is 7.05. The molecule has 1 fully saturated rings. The van der Waals surface area contributed by atoms with Crippen LogP contribution in [0.25, 0.3) is 0 Å². The van der Waals surface area contributed by atoms with E-state index in [2.05, 4.69) is 37.4 Å². The number of thioether (sulfide) groups is 1. The normalized spacial score (nSPS) is 16.7. The first-order chi connectivity index (χ1) is 9.12. The molecule has 1 aliphatic rings. The monoisotopic (exact) mass is 294 g/mol. The molecule has 0 aromatic heterocycles. The van der Waals surface area contributed by atoms with E-state index in [4.69, 9.17) is 18.0 Å². The molecule has 0 aliphatic heterocycles. The fourth-order valence-corrected chi connectivity index (χ4v) is 3.76. The van der Waals surface area contributed by atoms with Crippen molar-refractivity contribution < 1.29 is 0 Å². The lowest BCUT2D eigenvalue weighted by molar-refractivity contribution is 0.269. The third-order valence-corrected chi connectivity index (χ3v) is 5.10. The number of hydrogen-bond donors (Lipinski definition) is 2. The highest BCUT2D eigenvalue weighted by molar-refractivity contribution is 7.99. The van der Waals surface area contributed by atoms with E-state index >= 15 is 0 Å². The van der Waals surface area contributed by atoms with Gasteiger partial charge in [-0.15, -0.1) is 11.8 Å². The first kappa shape index (κ1) is 14.7. The maximum absolute atomic E-state index is 5.94. The van der Waals surface area contributed by atoms with Crippen LogP contribution in [0.4, 0.5) is 5.69 Å². The predicted molar refractivity (Wildman–Crippen MR) is 89.2 cm³/mol. The lowest BCUT2D eigenvalue weighted by Gasteiger charge is -2.43. The summed E-state index contributed by atoms with van der Waals surface area (Å²) in [7, 11) is 0. The number of nitrogens with two attached hydrogens (primary N) is 1. The topological polar surface area (TPSA) is 38.0 Å². The highest BCUT2D eigenvalue weighted by Gasteiger charge is 2.35. The van der Waals surface area contributed by atoms with Crippen molar-refractivity contribution in [2.24, 2.45) is 5.73 Å². The van der Waals surface area contributed by atoms with Crippen LogP contribution in [0.3, 0.4) is 0 Å². The minimum Gasteiger partial charge on any atom is -0.389 e. The van der Waals surface area contributed by atoms with Crippen molar-refractivity contribution in [3.05, 3.63) is 23.8 Å². The fraction of sp³-hybridized carbons (Fsp3) is 0.533. The number of nitrogens with one attached hydrogen (secondary N) is 1. The highest BCUT2D eigenvalue weighted by atomic mass is 32.2. The molecule has 0 unspecified atom stereocenters. The average molecular weight is 294 g/mol. The zero-order valence-corrected chi connectivity index (χ0v) is 13.3. The zero-order valence-electron chi connectivity index (χ0n) is 11.7. The summed E-state index contributed by atoms with van der Waals surface area (Å²) in [5, 5.41) is 3.71. The van der Waals surface area contributed by atoms with Gasteiger partial charge in [0.05, 0.1) is 0 Å². The summed E-state index contributed by atoms with van der Waals surface area (Å²) in [6, 6.07) is 6.29. The number of rotatable bonds is 6. The summed E-state index contributed by atoms with van der Waals surface area (Å²) in [5.74, 6) is 1.03. The van der Waals surface area contributed by atoms with Gasteiger partial charge in [0.1, 0.15) is 4.99 Å². The van der Waals surface area contributed by atoms with Crippen molar-refractivity contribution in [3.8, 4) is 0 Å². The van der Waals surface area contributed by atoms with Gasteiger partial charge in [0, 0.05) is 21.7 Å². The Morgan fingerprint density at radius 3 is 2.63 bits per heavy atom. The summed E-state index contributed by atoms with van der Waals surface area (Å²) in [5.41, 5.74) is 8.32. The van der Waals surface area contributed by atoms with Gasteiger partial charge in [-0.1, -0.05) is 32.1 Å². The van der Waals surface area contributed by atoms with Gasteiger partial charge < -0.3 is 11.1 Å². The number of thiocarbonyl (C=S) groups is 1. The predicted octanol–water partition coefficient (Wildman–Crippen LogP) is 4.18. The minimum absolute atomic E-state index is 0.259. The van der Waals surface area contributed by atoms with Crippen molar-refractivity contribution in [3.63, 3.8) is 0 Å². The molecule has 1 aromatic carbocycles. The Morgan fingerprint density at radius 1 is 1.42 bits per heavy atom. The molecule has 0 spiro atoms. The summed E-state index contributed by atoms with van der Waals surface area (Å²) in [6.45, 7) is 4.39. The quantitative estimate of drug-likeness (QED) is 0.610. The van der Waals surface area contributed by atoms with Crippen molar-refractivity contribution in [1.29, 1.82) is 0 Å². The Labute approximate surface area is 125 Å². The van der Waals surface area contributed by atoms with Crippen LogP contribution in [-0.4, -0.2) is 16.3 Å². The van der Waals surface area contributed by atoms with Crippen molar-refractivity contribution >= 4 is 34.7 Å². The van der Waals surface area contributed by atoms with Crippen molar-refractivity contribution in [1.82, 2.24) is 0 Å². The molecule has 0 saturated heterocycles. The summed E-state index contributed by atoms with van der Waals surface area (Å²) in [6.07, 6.45) is 4.94. The third-order valence-electron chi connectivity index (χ3n) is 3.96. The Hall–Kier alpha value is -0.740. The standard InChI is InChI=1S/C15H22N2S2/c1-3-15(9-6-10-15)17-11-7-5-8-12(19-4-2)13(11)14(16)18/h5,7-8,17H,3-4,6,9-10H2,1-2H3,(H2,16,18). The van der Waals surface area contributed by atoms with Gasteiger partial charge in [0.2, 0.25) is 0 Å². The molecule has 0 heterocycles. The van der Waals surface area contributed by atoms with Crippen LogP contribution in [0, 0.1) is 0 Å². The van der Waals surface area contributed by atoms with E-state index in [9.17, 15) is 0 Å². The first-order valence-corrected chi connectivity index (χ1v) is 8.35. The molecule has 3 N–H and O–H groups in total. The van der Waals surface area contributed by atoms with Gasteiger partial charge in [-0.05, 0) is 43.6 Å². The number of hydrogen-bond acceptors (Lipinski definition) is 3. The first-order valence-electron chi connectivity index (χ1n) is 6.95. The van der Waals surface area contributed by atoms with E-state index in [0.29, 0.717) is 4.99 Å². The van der Waals surface area contributed by atoms with Gasteiger partial charge in [-0.2, -0.15) is 0 Å². The van der Waals surface area contributed by atoms with Gasteiger partial charge >= 0.3 is 0 Å². The number of anilines is 1. The van der Waals surface area contributed by atoms with Crippen LogP contribution >= 0.6 is 24.0 Å². The van der Waals surface area contributed by atoms with Crippen LogP contribution in [0.5, 0.6) is 0 Å². The van der Waals surface area contributed by atoms with Crippen LogP contribution in [0.15, 0.2) is 23.1 Å². The van der Waals surface area contributed by atoms with Gasteiger partial charge in [-0.3, -0.25) is 0 Å². The molecule has 104 valence electrons. The lowest BCUT2D eigenvalue weighted by atomic mass is 9.74. The smallest absolute Gasteiger partial charge is 0.107 e. The second-order valence-electron chi connectivity index (χ2n) is 5.09. The molecule has 0 bridgehead atoms. The van der Waals surface area contributed by atoms with Crippen LogP contribution < -0.4 is 11.1 Å². The molecule has 1 aromatic rings. The molecule has 2 rings (SSSR count). The Morgan fingerprint density at radius 2 is 2.16 bits per heavy atom. The largest absolute Gasteiger partial charge is 0.389 e. The molecule has 19 heavy (non-hydrogen) atoms. The lowest BCUT2D eigenvalue weighted by Crippen LogP contribution is -2.44. The molecule has 2 nitrogen and oxygen atoms in total. The maximum atomic E-state index is 5.94. The average Bonchev–Trinajstić information content (AvgIpc) is 2.34.